The highest BCUT2D eigenvalue weighted by Gasteiger charge is 2.27. The van der Waals surface area contributed by atoms with Crippen molar-refractivity contribution >= 4 is 28.8 Å². The predicted molar refractivity (Wildman–Crippen MR) is 131 cm³/mol. The van der Waals surface area contributed by atoms with Gasteiger partial charge < -0.3 is 19.9 Å². The summed E-state index contributed by atoms with van der Waals surface area (Å²) in [6.45, 7) is 3.97. The summed E-state index contributed by atoms with van der Waals surface area (Å²) in [7, 11) is 0. The Morgan fingerprint density at radius 1 is 1.15 bits per heavy atom. The van der Waals surface area contributed by atoms with Crippen LogP contribution in [0.25, 0.3) is 17.0 Å². The molecule has 1 fully saturated rings. The molecule has 0 radical (unpaired) electrons. The molecule has 4 rings (SSSR count). The Labute approximate surface area is 199 Å². The van der Waals surface area contributed by atoms with Crippen LogP contribution < -0.4 is 10.5 Å². The second-order valence-electron chi connectivity index (χ2n) is 8.55. The van der Waals surface area contributed by atoms with Gasteiger partial charge in [0.1, 0.15) is 24.0 Å². The second kappa shape index (κ2) is 10.3. The Bertz CT molecular complexity index is 1280. The summed E-state index contributed by atoms with van der Waals surface area (Å²) in [5, 5.41) is 10.7. The molecule has 0 spiro atoms. The number of para-hydroxylation sites is 2. The van der Waals surface area contributed by atoms with E-state index in [9.17, 15) is 14.9 Å². The van der Waals surface area contributed by atoms with Crippen molar-refractivity contribution in [1.29, 1.82) is 5.26 Å². The SMILES string of the molecule is Cc1ccccc1OCCn1cc(C=C(C#N)C(=O)N2CCC(C(N)=O)CC2)c2ccccc21. The minimum atomic E-state index is -0.331. The minimum absolute atomic E-state index is 0.0802. The van der Waals surface area contributed by atoms with Crippen LogP contribution in [0.1, 0.15) is 24.0 Å². The highest BCUT2D eigenvalue weighted by atomic mass is 16.5. The van der Waals surface area contributed by atoms with E-state index in [1.165, 1.54) is 0 Å². The van der Waals surface area contributed by atoms with Crippen molar-refractivity contribution in [3.8, 4) is 11.8 Å². The molecule has 0 aliphatic carbocycles. The average molecular weight is 457 g/mol. The van der Waals surface area contributed by atoms with E-state index in [2.05, 4.69) is 10.6 Å². The first-order valence-electron chi connectivity index (χ1n) is 11.4. The molecule has 1 aromatic heterocycles. The summed E-state index contributed by atoms with van der Waals surface area (Å²) in [5.74, 6) is 0.00230. The van der Waals surface area contributed by atoms with Gasteiger partial charge in [0.2, 0.25) is 5.91 Å². The van der Waals surface area contributed by atoms with Gasteiger partial charge in [-0.05, 0) is 43.5 Å². The molecule has 2 aromatic carbocycles. The fraction of sp³-hybridized carbons (Fsp3) is 0.296. The van der Waals surface area contributed by atoms with Gasteiger partial charge in [-0.1, -0.05) is 36.4 Å². The van der Waals surface area contributed by atoms with Crippen molar-refractivity contribution in [2.45, 2.75) is 26.3 Å². The van der Waals surface area contributed by atoms with Crippen LogP contribution in [0.5, 0.6) is 5.75 Å². The quantitative estimate of drug-likeness (QED) is 0.433. The van der Waals surface area contributed by atoms with Crippen molar-refractivity contribution in [1.82, 2.24) is 9.47 Å². The molecule has 174 valence electrons. The fourth-order valence-corrected chi connectivity index (χ4v) is 4.38. The molecule has 1 aliphatic heterocycles. The van der Waals surface area contributed by atoms with E-state index in [0.29, 0.717) is 39.1 Å². The molecule has 7 heteroatoms. The van der Waals surface area contributed by atoms with Crippen LogP contribution in [-0.4, -0.2) is 41.0 Å². The maximum atomic E-state index is 13.0. The lowest BCUT2D eigenvalue weighted by Crippen LogP contribution is -2.42. The van der Waals surface area contributed by atoms with Gasteiger partial charge in [0.05, 0.1) is 6.54 Å². The normalized spacial score (nSPS) is 14.7. The number of hydrogen-bond acceptors (Lipinski definition) is 4. The Balaban J connectivity index is 1.53. The third-order valence-electron chi connectivity index (χ3n) is 6.34. The molecule has 2 N–H and O–H groups in total. The summed E-state index contributed by atoms with van der Waals surface area (Å²) < 4.78 is 8.04. The van der Waals surface area contributed by atoms with Crippen molar-refractivity contribution < 1.29 is 14.3 Å². The zero-order chi connectivity index (χ0) is 24.1. The largest absolute Gasteiger partial charge is 0.491 e. The maximum absolute atomic E-state index is 13.0. The molecule has 7 nitrogen and oxygen atoms in total. The number of fused-ring (bicyclic) bond motifs is 1. The monoisotopic (exact) mass is 456 g/mol. The first kappa shape index (κ1) is 23.1. The van der Waals surface area contributed by atoms with Gasteiger partial charge in [-0.3, -0.25) is 9.59 Å². The number of aromatic nitrogens is 1. The zero-order valence-corrected chi connectivity index (χ0v) is 19.2. The van der Waals surface area contributed by atoms with Crippen LogP contribution in [0.15, 0.2) is 60.3 Å². The molecule has 34 heavy (non-hydrogen) atoms. The summed E-state index contributed by atoms with van der Waals surface area (Å²) in [4.78, 5) is 26.0. The number of benzene rings is 2. The maximum Gasteiger partial charge on any atom is 0.264 e. The molecular formula is C27H28N4O3. The van der Waals surface area contributed by atoms with E-state index in [-0.39, 0.29) is 23.3 Å². The summed E-state index contributed by atoms with van der Waals surface area (Å²) in [5.41, 5.74) is 8.37. The van der Waals surface area contributed by atoms with Crippen LogP contribution in [0.2, 0.25) is 0 Å². The van der Waals surface area contributed by atoms with Crippen molar-refractivity contribution in [2.75, 3.05) is 19.7 Å². The Kier molecular flexibility index (Phi) is 6.98. The fourth-order valence-electron chi connectivity index (χ4n) is 4.38. The number of hydrogen-bond donors (Lipinski definition) is 1. The smallest absolute Gasteiger partial charge is 0.264 e. The highest BCUT2D eigenvalue weighted by molar-refractivity contribution is 6.04. The molecule has 0 bridgehead atoms. The predicted octanol–water partition coefficient (Wildman–Crippen LogP) is 3.66. The number of carbonyl (C=O) groups is 2. The second-order valence-corrected chi connectivity index (χ2v) is 8.55. The average Bonchev–Trinajstić information content (AvgIpc) is 3.20. The summed E-state index contributed by atoms with van der Waals surface area (Å²) in [6.07, 6.45) is 4.67. The number of nitrogens with two attached hydrogens (primary N) is 1. The van der Waals surface area contributed by atoms with Gasteiger partial charge in [0, 0.05) is 41.7 Å². The first-order valence-corrected chi connectivity index (χ1v) is 11.4. The number of primary amides is 1. The molecule has 2 amide bonds. The van der Waals surface area contributed by atoms with E-state index >= 15 is 0 Å². The first-order chi connectivity index (χ1) is 16.5. The number of ether oxygens (including phenoxy) is 1. The topological polar surface area (TPSA) is 101 Å². The van der Waals surface area contributed by atoms with Gasteiger partial charge in [0.15, 0.2) is 0 Å². The number of nitrogens with zero attached hydrogens (tertiary/aromatic N) is 3. The van der Waals surface area contributed by atoms with Gasteiger partial charge in [-0.15, -0.1) is 0 Å². The molecule has 1 aliphatic rings. The van der Waals surface area contributed by atoms with E-state index < -0.39 is 0 Å². The standard InChI is InChI=1S/C27H28N4O3/c1-19-6-2-5-9-25(19)34-15-14-31-18-22(23-7-3-4-8-24(23)31)16-21(17-28)27(33)30-12-10-20(11-13-30)26(29)32/h2-9,16,18,20H,10-15H2,1H3,(H2,29,32). The lowest BCUT2D eigenvalue weighted by atomic mass is 9.96. The van der Waals surface area contributed by atoms with Crippen LogP contribution in [0.3, 0.4) is 0 Å². The molecule has 0 unspecified atom stereocenters. The van der Waals surface area contributed by atoms with Crippen LogP contribution >= 0.6 is 0 Å². The Morgan fingerprint density at radius 3 is 2.56 bits per heavy atom. The molecule has 2 heterocycles. The minimum Gasteiger partial charge on any atom is -0.491 e. The van der Waals surface area contributed by atoms with Crippen molar-refractivity contribution in [2.24, 2.45) is 11.7 Å². The van der Waals surface area contributed by atoms with Crippen LogP contribution in [-0.2, 0) is 16.1 Å². The summed E-state index contributed by atoms with van der Waals surface area (Å²) in [6, 6.07) is 17.9. The Morgan fingerprint density at radius 2 is 1.85 bits per heavy atom. The third-order valence-corrected chi connectivity index (χ3v) is 6.34. The highest BCUT2D eigenvalue weighted by Crippen LogP contribution is 2.25. The number of amides is 2. The number of carbonyl (C=O) groups excluding carboxylic acids is 2. The molecular weight excluding hydrogens is 428 g/mol. The van der Waals surface area contributed by atoms with Gasteiger partial charge in [0.25, 0.3) is 5.91 Å². The lowest BCUT2D eigenvalue weighted by Gasteiger charge is -2.30. The molecule has 0 atom stereocenters. The zero-order valence-electron chi connectivity index (χ0n) is 19.2. The van der Waals surface area contributed by atoms with Gasteiger partial charge >= 0.3 is 0 Å². The third kappa shape index (κ3) is 4.96. The lowest BCUT2D eigenvalue weighted by molar-refractivity contribution is -0.131. The number of likely N-dealkylation sites (tertiary alicyclic amines) is 1. The number of aryl methyl sites for hydroxylation is 1. The van der Waals surface area contributed by atoms with E-state index in [4.69, 9.17) is 10.5 Å². The molecule has 0 saturated carbocycles. The van der Waals surface area contributed by atoms with Crippen LogP contribution in [0.4, 0.5) is 0 Å². The van der Waals surface area contributed by atoms with Gasteiger partial charge in [-0.2, -0.15) is 5.26 Å². The number of piperidine rings is 1. The van der Waals surface area contributed by atoms with E-state index in [1.807, 2.05) is 61.7 Å². The number of rotatable bonds is 7. The Hall–Kier alpha value is -4.05. The molecule has 3 aromatic rings. The van der Waals surface area contributed by atoms with E-state index in [0.717, 1.165) is 27.8 Å². The van der Waals surface area contributed by atoms with Crippen molar-refractivity contribution in [3.05, 3.63) is 71.4 Å². The van der Waals surface area contributed by atoms with Crippen molar-refractivity contribution in [3.63, 3.8) is 0 Å². The van der Waals surface area contributed by atoms with Gasteiger partial charge in [-0.25, -0.2) is 0 Å². The van der Waals surface area contributed by atoms with E-state index in [1.54, 1.807) is 11.0 Å². The summed E-state index contributed by atoms with van der Waals surface area (Å²) >= 11 is 0. The number of nitriles is 1. The molecule has 1 saturated heterocycles. The van der Waals surface area contributed by atoms with Crippen LogP contribution in [0, 0.1) is 24.2 Å².